The SMILES string of the molecule is NCc1cc(C(F)F)nc(C(F)(F)F)c1Br. The number of halogens is 6. The molecular formula is C8H6BrF5N2. The maximum absolute atomic E-state index is 12.4. The number of rotatable bonds is 2. The van der Waals surface area contributed by atoms with Crippen LogP contribution in [0.2, 0.25) is 0 Å². The van der Waals surface area contributed by atoms with Gasteiger partial charge >= 0.3 is 6.18 Å². The van der Waals surface area contributed by atoms with E-state index in [1.54, 1.807) is 0 Å². The number of nitrogens with zero attached hydrogens (tertiary/aromatic N) is 1. The van der Waals surface area contributed by atoms with E-state index in [9.17, 15) is 22.0 Å². The Balaban J connectivity index is 3.42. The summed E-state index contributed by atoms with van der Waals surface area (Å²) in [5.41, 5.74) is 2.79. The Labute approximate surface area is 95.8 Å². The molecule has 0 aliphatic heterocycles. The number of alkyl halides is 5. The molecule has 0 atom stereocenters. The van der Waals surface area contributed by atoms with Crippen molar-refractivity contribution in [3.05, 3.63) is 27.5 Å². The zero-order valence-electron chi connectivity index (χ0n) is 7.65. The standard InChI is InChI=1S/C8H6BrF5N2/c9-5-3(2-15)1-4(7(10)11)16-6(5)8(12,13)14/h1,7H,2,15H2. The van der Waals surface area contributed by atoms with Crippen LogP contribution in [0.4, 0.5) is 22.0 Å². The van der Waals surface area contributed by atoms with Gasteiger partial charge in [-0.1, -0.05) is 0 Å². The number of pyridine rings is 1. The summed E-state index contributed by atoms with van der Waals surface area (Å²) in [5, 5.41) is 0. The molecule has 1 aromatic rings. The van der Waals surface area contributed by atoms with E-state index >= 15 is 0 Å². The van der Waals surface area contributed by atoms with Crippen molar-refractivity contribution in [2.75, 3.05) is 0 Å². The molecule has 2 N–H and O–H groups in total. The smallest absolute Gasteiger partial charge is 0.326 e. The summed E-state index contributed by atoms with van der Waals surface area (Å²) in [6.45, 7) is -0.286. The van der Waals surface area contributed by atoms with Crippen molar-refractivity contribution in [1.82, 2.24) is 4.98 Å². The third-order valence-corrected chi connectivity index (χ3v) is 2.65. The Morgan fingerprint density at radius 2 is 1.94 bits per heavy atom. The molecule has 0 aromatic carbocycles. The first-order chi connectivity index (χ1) is 7.27. The normalized spacial score (nSPS) is 12.2. The van der Waals surface area contributed by atoms with Gasteiger partial charge in [0.1, 0.15) is 5.69 Å². The van der Waals surface area contributed by atoms with E-state index in [0.717, 1.165) is 6.07 Å². The van der Waals surface area contributed by atoms with E-state index in [1.165, 1.54) is 0 Å². The van der Waals surface area contributed by atoms with E-state index in [0.29, 0.717) is 0 Å². The molecule has 0 unspecified atom stereocenters. The van der Waals surface area contributed by atoms with Gasteiger partial charge in [0.2, 0.25) is 0 Å². The van der Waals surface area contributed by atoms with Crippen LogP contribution in [0.3, 0.4) is 0 Å². The van der Waals surface area contributed by atoms with Crippen molar-refractivity contribution in [3.8, 4) is 0 Å². The van der Waals surface area contributed by atoms with Gasteiger partial charge in [-0.05, 0) is 27.6 Å². The predicted octanol–water partition coefficient (Wildman–Crippen LogP) is 3.26. The Morgan fingerprint density at radius 1 is 1.38 bits per heavy atom. The van der Waals surface area contributed by atoms with Gasteiger partial charge < -0.3 is 5.73 Å². The first-order valence-corrected chi connectivity index (χ1v) is 4.81. The highest BCUT2D eigenvalue weighted by atomic mass is 79.9. The number of hydrogen-bond donors (Lipinski definition) is 1. The van der Waals surface area contributed by atoms with Crippen LogP contribution in [0.1, 0.15) is 23.4 Å². The largest absolute Gasteiger partial charge is 0.434 e. The summed E-state index contributed by atoms with van der Waals surface area (Å²) in [5.74, 6) is 0. The number of hydrogen-bond acceptors (Lipinski definition) is 2. The molecule has 0 spiro atoms. The van der Waals surface area contributed by atoms with Gasteiger partial charge in [0.15, 0.2) is 5.69 Å². The van der Waals surface area contributed by atoms with E-state index in [-0.39, 0.29) is 12.1 Å². The maximum Gasteiger partial charge on any atom is 0.434 e. The van der Waals surface area contributed by atoms with E-state index in [2.05, 4.69) is 20.9 Å². The Hall–Kier alpha value is -0.760. The Bertz CT molecular complexity index is 391. The molecule has 1 heterocycles. The van der Waals surface area contributed by atoms with Crippen molar-refractivity contribution >= 4 is 15.9 Å². The van der Waals surface area contributed by atoms with Gasteiger partial charge in [0.05, 0.1) is 4.47 Å². The minimum absolute atomic E-state index is 0.0578. The summed E-state index contributed by atoms with van der Waals surface area (Å²) in [4.78, 5) is 2.87. The third kappa shape index (κ3) is 2.67. The van der Waals surface area contributed by atoms with Gasteiger partial charge in [-0.25, -0.2) is 13.8 Å². The van der Waals surface area contributed by atoms with Crippen molar-refractivity contribution in [2.24, 2.45) is 5.73 Å². The molecular weight excluding hydrogens is 299 g/mol. The lowest BCUT2D eigenvalue weighted by molar-refractivity contribution is -0.142. The second-order valence-electron chi connectivity index (χ2n) is 2.87. The molecule has 0 radical (unpaired) electrons. The van der Waals surface area contributed by atoms with Gasteiger partial charge in [0, 0.05) is 6.54 Å². The second kappa shape index (κ2) is 4.62. The maximum atomic E-state index is 12.4. The van der Waals surface area contributed by atoms with E-state index < -0.39 is 28.5 Å². The highest BCUT2D eigenvalue weighted by Crippen LogP contribution is 2.36. The van der Waals surface area contributed by atoms with Crippen LogP contribution in [-0.2, 0) is 12.7 Å². The van der Waals surface area contributed by atoms with Crippen LogP contribution in [0, 0.1) is 0 Å². The number of nitrogens with two attached hydrogens (primary N) is 1. The highest BCUT2D eigenvalue weighted by molar-refractivity contribution is 9.10. The topological polar surface area (TPSA) is 38.9 Å². The van der Waals surface area contributed by atoms with Crippen LogP contribution in [-0.4, -0.2) is 4.98 Å². The van der Waals surface area contributed by atoms with E-state index in [1.807, 2.05) is 0 Å². The molecule has 0 saturated heterocycles. The molecule has 0 saturated carbocycles. The molecule has 1 aromatic heterocycles. The van der Waals surface area contributed by atoms with Crippen molar-refractivity contribution in [2.45, 2.75) is 19.1 Å². The summed E-state index contributed by atoms with van der Waals surface area (Å²) in [6, 6.07) is 0.851. The average molecular weight is 305 g/mol. The van der Waals surface area contributed by atoms with Gasteiger partial charge in [-0.3, -0.25) is 0 Å². The first-order valence-electron chi connectivity index (χ1n) is 4.02. The lowest BCUT2D eigenvalue weighted by Gasteiger charge is -2.13. The monoisotopic (exact) mass is 304 g/mol. The summed E-state index contributed by atoms with van der Waals surface area (Å²) in [6.07, 6.45) is -7.87. The quantitative estimate of drug-likeness (QED) is 0.852. The van der Waals surface area contributed by atoms with Gasteiger partial charge in [-0.2, -0.15) is 13.2 Å². The fraction of sp³-hybridized carbons (Fsp3) is 0.375. The van der Waals surface area contributed by atoms with Crippen LogP contribution >= 0.6 is 15.9 Å². The van der Waals surface area contributed by atoms with Crippen LogP contribution in [0.15, 0.2) is 10.5 Å². The fourth-order valence-corrected chi connectivity index (χ4v) is 1.64. The Kier molecular flexibility index (Phi) is 3.84. The first kappa shape index (κ1) is 13.3. The van der Waals surface area contributed by atoms with Gasteiger partial charge in [0.25, 0.3) is 6.43 Å². The van der Waals surface area contributed by atoms with Gasteiger partial charge in [-0.15, -0.1) is 0 Å². The second-order valence-corrected chi connectivity index (χ2v) is 3.66. The third-order valence-electron chi connectivity index (χ3n) is 1.76. The predicted molar refractivity (Wildman–Crippen MR) is 49.8 cm³/mol. The van der Waals surface area contributed by atoms with Crippen LogP contribution < -0.4 is 5.73 Å². The molecule has 1 rings (SSSR count). The average Bonchev–Trinajstić information content (AvgIpc) is 2.15. The molecule has 0 amide bonds. The summed E-state index contributed by atoms with van der Waals surface area (Å²) < 4.78 is 61.5. The highest BCUT2D eigenvalue weighted by Gasteiger charge is 2.37. The number of aromatic nitrogens is 1. The molecule has 16 heavy (non-hydrogen) atoms. The minimum atomic E-state index is -4.80. The fourth-order valence-electron chi connectivity index (χ4n) is 1.05. The van der Waals surface area contributed by atoms with E-state index in [4.69, 9.17) is 5.73 Å². The van der Waals surface area contributed by atoms with Crippen molar-refractivity contribution in [1.29, 1.82) is 0 Å². The lowest BCUT2D eigenvalue weighted by Crippen LogP contribution is -2.14. The Morgan fingerprint density at radius 3 is 2.31 bits per heavy atom. The van der Waals surface area contributed by atoms with Crippen molar-refractivity contribution in [3.63, 3.8) is 0 Å². The minimum Gasteiger partial charge on any atom is -0.326 e. The molecule has 90 valence electrons. The molecule has 0 aliphatic rings. The lowest BCUT2D eigenvalue weighted by atomic mass is 10.2. The molecule has 0 bridgehead atoms. The summed E-state index contributed by atoms with van der Waals surface area (Å²) in [7, 11) is 0. The zero-order chi connectivity index (χ0) is 12.5. The van der Waals surface area contributed by atoms with Crippen LogP contribution in [0.25, 0.3) is 0 Å². The molecule has 2 nitrogen and oxygen atoms in total. The van der Waals surface area contributed by atoms with Crippen LogP contribution in [0.5, 0.6) is 0 Å². The zero-order valence-corrected chi connectivity index (χ0v) is 9.24. The van der Waals surface area contributed by atoms with Crippen molar-refractivity contribution < 1.29 is 22.0 Å². The molecule has 0 aliphatic carbocycles. The molecule has 0 fully saturated rings. The molecule has 8 heteroatoms. The summed E-state index contributed by atoms with van der Waals surface area (Å²) >= 11 is 2.65.